The van der Waals surface area contributed by atoms with E-state index >= 15 is 0 Å². The maximum absolute atomic E-state index is 15.0. The molecule has 260 valence electrons. The second-order valence-electron chi connectivity index (χ2n) is 9.41. The molecule has 0 unspecified atom stereocenters. The van der Waals surface area contributed by atoms with Crippen molar-refractivity contribution in [3.8, 4) is 11.5 Å². The van der Waals surface area contributed by atoms with Gasteiger partial charge in [0.1, 0.15) is 22.6 Å². The van der Waals surface area contributed by atoms with Gasteiger partial charge in [-0.15, -0.1) is 0 Å². The van der Waals surface area contributed by atoms with E-state index in [1.807, 2.05) is 0 Å². The zero-order valence-corrected chi connectivity index (χ0v) is 22.8. The molecule has 0 saturated heterocycles. The van der Waals surface area contributed by atoms with Crippen LogP contribution in [0.5, 0.6) is 11.5 Å². The summed E-state index contributed by atoms with van der Waals surface area (Å²) in [7, 11) is 0. The summed E-state index contributed by atoms with van der Waals surface area (Å²) in [5, 5.41) is 0. The Labute approximate surface area is 260 Å². The van der Waals surface area contributed by atoms with E-state index in [2.05, 4.69) is 9.47 Å². The molecule has 0 atom stereocenters. The molecule has 0 spiro atoms. The van der Waals surface area contributed by atoms with E-state index in [4.69, 9.17) is 0 Å². The summed E-state index contributed by atoms with van der Waals surface area (Å²) in [6.07, 6.45) is -13.4. The first-order valence-electron chi connectivity index (χ1n) is 12.4. The van der Waals surface area contributed by atoms with E-state index in [1.165, 1.54) is 0 Å². The number of hydrogen-bond acceptors (Lipinski definition) is 4. The molecular weight excluding hydrogens is 716 g/mol. The fraction of sp³-hybridized carbons (Fsp3) is 0.103. The van der Waals surface area contributed by atoms with Crippen molar-refractivity contribution in [1.29, 1.82) is 0 Å². The van der Waals surface area contributed by atoms with Crippen molar-refractivity contribution in [3.05, 3.63) is 129 Å². The third-order valence-electron chi connectivity index (χ3n) is 6.67. The van der Waals surface area contributed by atoms with Gasteiger partial charge in [0.15, 0.2) is 46.5 Å². The van der Waals surface area contributed by atoms with Crippen molar-refractivity contribution in [1.82, 2.24) is 0 Å². The number of esters is 2. The molecule has 0 bridgehead atoms. The fourth-order valence-corrected chi connectivity index (χ4v) is 4.52. The molecular formula is C29H8F16O4. The minimum absolute atomic E-state index is 0.0369. The van der Waals surface area contributed by atoms with Gasteiger partial charge in [0, 0.05) is 11.1 Å². The van der Waals surface area contributed by atoms with Crippen LogP contribution < -0.4 is 9.47 Å². The average Bonchev–Trinajstić information content (AvgIpc) is 3.01. The van der Waals surface area contributed by atoms with Crippen molar-refractivity contribution in [2.45, 2.75) is 17.8 Å². The molecule has 0 amide bonds. The Morgan fingerprint density at radius 1 is 0.408 bits per heavy atom. The number of para-hydroxylation sites is 2. The van der Waals surface area contributed by atoms with Crippen molar-refractivity contribution in [2.24, 2.45) is 0 Å². The molecule has 20 heteroatoms. The summed E-state index contributed by atoms with van der Waals surface area (Å²) >= 11 is 0. The Hall–Kier alpha value is -5.30. The summed E-state index contributed by atoms with van der Waals surface area (Å²) in [5.41, 5.74) is -14.9. The van der Waals surface area contributed by atoms with E-state index in [9.17, 15) is 79.8 Å². The van der Waals surface area contributed by atoms with Crippen LogP contribution in [-0.4, -0.2) is 24.3 Å². The summed E-state index contributed by atoms with van der Waals surface area (Å²) in [6.45, 7) is 0. The lowest BCUT2D eigenvalue weighted by Crippen LogP contribution is -2.55. The molecule has 4 nitrogen and oxygen atoms in total. The molecule has 0 N–H and O–H groups in total. The first kappa shape index (κ1) is 36.5. The zero-order chi connectivity index (χ0) is 37.0. The second-order valence-corrected chi connectivity index (χ2v) is 9.41. The number of alkyl halides is 6. The quantitative estimate of drug-likeness (QED) is 0.0656. The van der Waals surface area contributed by atoms with Gasteiger partial charge in [-0.05, 0) is 12.1 Å². The summed E-state index contributed by atoms with van der Waals surface area (Å²) in [4.78, 5) is 25.1. The largest absolute Gasteiger partial charge is 0.422 e. The normalized spacial score (nSPS) is 12.2. The van der Waals surface area contributed by atoms with E-state index in [0.29, 0.717) is 24.3 Å². The van der Waals surface area contributed by atoms with E-state index < -0.39 is 122 Å². The van der Waals surface area contributed by atoms with Crippen LogP contribution in [0, 0.1) is 58.2 Å². The first-order valence-corrected chi connectivity index (χ1v) is 12.4. The molecule has 4 aromatic rings. The van der Waals surface area contributed by atoms with Gasteiger partial charge >= 0.3 is 24.3 Å². The number of ether oxygens (including phenoxy) is 2. The van der Waals surface area contributed by atoms with Crippen LogP contribution >= 0.6 is 0 Å². The van der Waals surface area contributed by atoms with Gasteiger partial charge in [0.25, 0.3) is 0 Å². The third kappa shape index (κ3) is 5.77. The van der Waals surface area contributed by atoms with Crippen molar-refractivity contribution in [3.63, 3.8) is 0 Å². The molecule has 0 radical (unpaired) electrons. The third-order valence-corrected chi connectivity index (χ3v) is 6.67. The second kappa shape index (κ2) is 12.6. The predicted molar refractivity (Wildman–Crippen MR) is 128 cm³/mol. The highest BCUT2D eigenvalue weighted by Gasteiger charge is 2.74. The van der Waals surface area contributed by atoms with E-state index in [0.717, 1.165) is 0 Å². The number of halogens is 16. The fourth-order valence-electron chi connectivity index (χ4n) is 4.52. The highest BCUT2D eigenvalue weighted by atomic mass is 19.4. The van der Waals surface area contributed by atoms with Gasteiger partial charge in [-0.25, -0.2) is 53.5 Å². The Balaban J connectivity index is 1.98. The zero-order valence-electron chi connectivity index (χ0n) is 22.8. The van der Waals surface area contributed by atoms with Crippen LogP contribution in [0.15, 0.2) is 48.5 Å². The minimum Gasteiger partial charge on any atom is -0.422 e. The van der Waals surface area contributed by atoms with Crippen LogP contribution in [-0.2, 0) is 5.41 Å². The molecule has 0 aliphatic heterocycles. The summed E-state index contributed by atoms with van der Waals surface area (Å²) < 4.78 is 237. The molecule has 0 saturated carbocycles. The first-order chi connectivity index (χ1) is 22.6. The lowest BCUT2D eigenvalue weighted by molar-refractivity contribution is -0.289. The van der Waals surface area contributed by atoms with Gasteiger partial charge in [-0.2, -0.15) is 26.3 Å². The van der Waals surface area contributed by atoms with Crippen LogP contribution in [0.25, 0.3) is 0 Å². The number of carbonyl (C=O) groups excluding carboxylic acids is 2. The highest BCUT2D eigenvalue weighted by molar-refractivity contribution is 5.93. The number of benzene rings is 4. The number of hydrogen-bond donors (Lipinski definition) is 0. The Morgan fingerprint density at radius 3 is 0.918 bits per heavy atom. The van der Waals surface area contributed by atoms with Gasteiger partial charge < -0.3 is 9.47 Å². The summed E-state index contributed by atoms with van der Waals surface area (Å²) in [6, 6.07) is 2.36. The van der Waals surface area contributed by atoms with E-state index in [1.54, 1.807) is 0 Å². The smallest absolute Gasteiger partial charge is 0.411 e. The molecule has 0 aliphatic rings. The van der Waals surface area contributed by atoms with Gasteiger partial charge in [0.05, 0.1) is 0 Å². The maximum Gasteiger partial charge on any atom is 0.411 e. The molecule has 0 aliphatic carbocycles. The van der Waals surface area contributed by atoms with Crippen LogP contribution in [0.3, 0.4) is 0 Å². The lowest BCUT2D eigenvalue weighted by Gasteiger charge is -2.39. The van der Waals surface area contributed by atoms with Gasteiger partial charge in [0.2, 0.25) is 17.0 Å². The molecule has 4 rings (SSSR count). The highest BCUT2D eigenvalue weighted by Crippen LogP contribution is 2.60. The predicted octanol–water partition coefficient (Wildman–Crippen LogP) is 8.93. The Kier molecular flexibility index (Phi) is 9.41. The van der Waals surface area contributed by atoms with Crippen LogP contribution in [0.1, 0.15) is 31.8 Å². The van der Waals surface area contributed by atoms with Crippen molar-refractivity contribution < 1.29 is 89.3 Å². The number of carbonyl (C=O) groups is 2. The monoisotopic (exact) mass is 724 g/mol. The standard InChI is InChI=1S/C29H8F16O4/c30-15-13(16(31)20(35)23(38)19(15)34)25(46)48-11-7-3-1-5-9(11)27(28(40,41)42,29(43,44)45)10-6-2-4-8-12(10)49-26(47)14-17(32)21(36)24(39)22(37)18(14)33/h1-8H. The van der Waals surface area contributed by atoms with E-state index in [-0.39, 0.29) is 24.3 Å². The maximum atomic E-state index is 15.0. The molecule has 49 heavy (non-hydrogen) atoms. The Bertz CT molecular complexity index is 1800. The molecule has 0 fully saturated rings. The molecule has 4 aromatic carbocycles. The van der Waals surface area contributed by atoms with Crippen molar-refractivity contribution >= 4 is 11.9 Å². The summed E-state index contributed by atoms with van der Waals surface area (Å²) in [5.74, 6) is -37.3. The Morgan fingerprint density at radius 2 is 0.653 bits per heavy atom. The number of rotatable bonds is 6. The average molecular weight is 724 g/mol. The van der Waals surface area contributed by atoms with Crippen LogP contribution in [0.2, 0.25) is 0 Å². The minimum atomic E-state index is -6.70. The van der Waals surface area contributed by atoms with Crippen LogP contribution in [0.4, 0.5) is 70.2 Å². The van der Waals surface area contributed by atoms with Crippen molar-refractivity contribution in [2.75, 3.05) is 0 Å². The molecule has 0 heterocycles. The topological polar surface area (TPSA) is 52.6 Å². The SMILES string of the molecule is O=C(Oc1ccccc1C(c1ccccc1OC(=O)c1c(F)c(F)c(F)c(F)c1F)(C(F)(F)F)C(F)(F)F)c1c(F)c(F)c(F)c(F)c1F. The van der Waals surface area contributed by atoms with Gasteiger partial charge in [-0.3, -0.25) is 0 Å². The van der Waals surface area contributed by atoms with Gasteiger partial charge in [-0.1, -0.05) is 36.4 Å². The molecule has 0 aromatic heterocycles. The lowest BCUT2D eigenvalue weighted by atomic mass is 9.72.